The Labute approximate surface area is 176 Å². The topological polar surface area (TPSA) is 53.5 Å². The number of rotatable bonds is 5. The number of para-hydroxylation sites is 1. The lowest BCUT2D eigenvalue weighted by molar-refractivity contribution is 0.290. The van der Waals surface area contributed by atoms with Crippen molar-refractivity contribution in [2.45, 2.75) is 13.0 Å². The molecule has 0 N–H and O–H groups in total. The van der Waals surface area contributed by atoms with Gasteiger partial charge in [0.2, 0.25) is 10.0 Å². The molecule has 0 radical (unpaired) electrons. The highest BCUT2D eigenvalue weighted by Gasteiger charge is 2.42. The van der Waals surface area contributed by atoms with Crippen LogP contribution in [0, 0.1) is 11.8 Å². The van der Waals surface area contributed by atoms with Gasteiger partial charge in [-0.2, -0.15) is 0 Å². The number of sulfonamides is 1. The van der Waals surface area contributed by atoms with Crippen molar-refractivity contribution in [3.63, 3.8) is 0 Å². The molecule has 0 spiro atoms. The molecular weight excluding hydrogens is 402 g/mol. The average molecular weight is 428 g/mol. The van der Waals surface area contributed by atoms with Crippen molar-refractivity contribution < 1.29 is 8.42 Å². The minimum Gasteiger partial charge on any atom is -0.298 e. The van der Waals surface area contributed by atoms with Gasteiger partial charge in [-0.3, -0.25) is 4.90 Å². The molecule has 0 aliphatic carbocycles. The lowest BCUT2D eigenvalue weighted by Gasteiger charge is -2.20. The van der Waals surface area contributed by atoms with Gasteiger partial charge in [0.1, 0.15) is 0 Å². The fourth-order valence-corrected chi connectivity index (χ4v) is 6.56. The van der Waals surface area contributed by atoms with E-state index in [0.717, 1.165) is 36.6 Å². The number of nitrogens with zero attached hydrogens (tertiary/aromatic N) is 3. The third-order valence-corrected chi connectivity index (χ3v) is 8.39. The van der Waals surface area contributed by atoms with Crippen molar-refractivity contribution in [2.75, 3.05) is 32.4 Å². The van der Waals surface area contributed by atoms with Gasteiger partial charge in [0.05, 0.1) is 21.5 Å². The summed E-state index contributed by atoms with van der Waals surface area (Å²) >= 11 is 1.77. The molecule has 5 rings (SSSR count). The molecule has 0 bridgehead atoms. The zero-order valence-corrected chi connectivity index (χ0v) is 18.1. The first-order valence-corrected chi connectivity index (χ1v) is 12.7. The maximum Gasteiger partial charge on any atom is 0.211 e. The van der Waals surface area contributed by atoms with Crippen LogP contribution in [-0.4, -0.2) is 55.0 Å². The number of thiazole rings is 1. The van der Waals surface area contributed by atoms with Crippen molar-refractivity contribution in [1.82, 2.24) is 14.2 Å². The van der Waals surface area contributed by atoms with E-state index >= 15 is 0 Å². The standard InChI is InChI=1S/C22H25N3O2S2/c1-29(26,27)25-14-18-12-24(13-19(18)15-25)11-17-8-6-16(7-9-17)10-22-23-20-4-2-3-5-21(20)28-22/h2-9,18-19H,10-15H2,1H3. The van der Waals surface area contributed by atoms with Crippen LogP contribution in [0.1, 0.15) is 16.1 Å². The summed E-state index contributed by atoms with van der Waals surface area (Å²) in [7, 11) is -3.05. The lowest BCUT2D eigenvalue weighted by Crippen LogP contribution is -2.32. The zero-order valence-electron chi connectivity index (χ0n) is 16.5. The Morgan fingerprint density at radius 3 is 2.28 bits per heavy atom. The summed E-state index contributed by atoms with van der Waals surface area (Å²) in [6.07, 6.45) is 2.19. The van der Waals surface area contributed by atoms with Gasteiger partial charge in [0, 0.05) is 39.1 Å². The van der Waals surface area contributed by atoms with Crippen LogP contribution in [0.4, 0.5) is 0 Å². The third kappa shape index (κ3) is 4.10. The molecule has 2 aliphatic heterocycles. The van der Waals surface area contributed by atoms with Crippen molar-refractivity contribution in [3.8, 4) is 0 Å². The second-order valence-electron chi connectivity index (χ2n) is 8.36. The van der Waals surface area contributed by atoms with E-state index in [2.05, 4.69) is 47.4 Å². The molecular formula is C22H25N3O2S2. The molecule has 29 heavy (non-hydrogen) atoms. The third-order valence-electron chi connectivity index (χ3n) is 6.12. The first kappa shape index (κ1) is 19.2. The Morgan fingerprint density at radius 2 is 1.62 bits per heavy atom. The van der Waals surface area contributed by atoms with E-state index < -0.39 is 10.0 Å². The molecule has 3 aromatic rings. The van der Waals surface area contributed by atoms with E-state index in [1.54, 1.807) is 15.6 Å². The van der Waals surface area contributed by atoms with Gasteiger partial charge in [-0.05, 0) is 35.1 Å². The zero-order chi connectivity index (χ0) is 20.0. The second-order valence-corrected chi connectivity index (χ2v) is 11.5. The number of likely N-dealkylation sites (tertiary alicyclic amines) is 1. The van der Waals surface area contributed by atoms with Crippen LogP contribution in [0.15, 0.2) is 48.5 Å². The van der Waals surface area contributed by atoms with Gasteiger partial charge in [-0.1, -0.05) is 36.4 Å². The summed E-state index contributed by atoms with van der Waals surface area (Å²) in [5.41, 5.74) is 3.69. The Balaban J connectivity index is 1.19. The monoisotopic (exact) mass is 427 g/mol. The van der Waals surface area contributed by atoms with Crippen molar-refractivity contribution >= 4 is 31.6 Å². The largest absolute Gasteiger partial charge is 0.298 e. The summed E-state index contributed by atoms with van der Waals surface area (Å²) < 4.78 is 26.4. The van der Waals surface area contributed by atoms with E-state index in [1.165, 1.54) is 22.1 Å². The summed E-state index contributed by atoms with van der Waals surface area (Å²) in [5, 5.41) is 1.15. The number of hydrogen-bond donors (Lipinski definition) is 0. The molecule has 0 saturated carbocycles. The summed E-state index contributed by atoms with van der Waals surface area (Å²) in [4.78, 5) is 7.20. The SMILES string of the molecule is CS(=O)(=O)N1CC2CN(Cc3ccc(Cc4nc5ccccc5s4)cc3)CC2C1. The van der Waals surface area contributed by atoms with Crippen LogP contribution < -0.4 is 0 Å². The fraction of sp³-hybridized carbons (Fsp3) is 0.409. The first-order chi connectivity index (χ1) is 13.9. The van der Waals surface area contributed by atoms with Crippen LogP contribution in [0.3, 0.4) is 0 Å². The first-order valence-electron chi connectivity index (χ1n) is 10.0. The highest BCUT2D eigenvalue weighted by atomic mass is 32.2. The van der Waals surface area contributed by atoms with E-state index in [-0.39, 0.29) is 0 Å². The highest BCUT2D eigenvalue weighted by Crippen LogP contribution is 2.33. The number of fused-ring (bicyclic) bond motifs is 2. The summed E-state index contributed by atoms with van der Waals surface area (Å²) in [6.45, 7) is 4.28. The van der Waals surface area contributed by atoms with E-state index in [4.69, 9.17) is 4.98 Å². The minimum absolute atomic E-state index is 0.475. The molecule has 2 fully saturated rings. The molecule has 2 aromatic carbocycles. The van der Waals surface area contributed by atoms with Gasteiger partial charge in [0.15, 0.2) is 0 Å². The average Bonchev–Trinajstić information content (AvgIpc) is 3.35. The predicted octanol–water partition coefficient (Wildman–Crippen LogP) is 3.21. The molecule has 2 aliphatic rings. The maximum atomic E-state index is 11.8. The molecule has 3 heterocycles. The van der Waals surface area contributed by atoms with Crippen molar-refractivity contribution in [3.05, 3.63) is 64.7 Å². The Kier molecular flexibility index (Phi) is 4.94. The van der Waals surface area contributed by atoms with Crippen molar-refractivity contribution in [1.29, 1.82) is 0 Å². The molecule has 5 nitrogen and oxygen atoms in total. The van der Waals surface area contributed by atoms with Crippen molar-refractivity contribution in [2.24, 2.45) is 11.8 Å². The lowest BCUT2D eigenvalue weighted by atomic mass is 10.0. The number of benzene rings is 2. The minimum atomic E-state index is -3.05. The number of aromatic nitrogens is 1. The maximum absolute atomic E-state index is 11.8. The molecule has 1 aromatic heterocycles. The van der Waals surface area contributed by atoms with Gasteiger partial charge in [0.25, 0.3) is 0 Å². The van der Waals surface area contributed by atoms with Gasteiger partial charge >= 0.3 is 0 Å². The van der Waals surface area contributed by atoms with Gasteiger partial charge in [-0.15, -0.1) is 11.3 Å². The molecule has 2 unspecified atom stereocenters. The van der Waals surface area contributed by atoms with E-state index in [9.17, 15) is 8.42 Å². The summed E-state index contributed by atoms with van der Waals surface area (Å²) in [5.74, 6) is 0.950. The van der Waals surface area contributed by atoms with Crippen LogP contribution in [0.25, 0.3) is 10.2 Å². The molecule has 2 atom stereocenters. The quantitative estimate of drug-likeness (QED) is 0.627. The van der Waals surface area contributed by atoms with E-state index in [0.29, 0.717) is 24.9 Å². The molecule has 7 heteroatoms. The smallest absolute Gasteiger partial charge is 0.211 e. The van der Waals surface area contributed by atoms with Crippen LogP contribution >= 0.6 is 11.3 Å². The predicted molar refractivity (Wildman–Crippen MR) is 118 cm³/mol. The van der Waals surface area contributed by atoms with Crippen LogP contribution in [0.5, 0.6) is 0 Å². The van der Waals surface area contributed by atoms with Gasteiger partial charge < -0.3 is 0 Å². The Morgan fingerprint density at radius 1 is 0.966 bits per heavy atom. The second kappa shape index (κ2) is 7.47. The molecule has 2 saturated heterocycles. The van der Waals surface area contributed by atoms with Crippen LogP contribution in [-0.2, 0) is 23.0 Å². The molecule has 152 valence electrons. The fourth-order valence-electron chi connectivity index (χ4n) is 4.64. The molecule has 0 amide bonds. The Bertz CT molecular complexity index is 1080. The van der Waals surface area contributed by atoms with Crippen LogP contribution in [0.2, 0.25) is 0 Å². The number of hydrogen-bond acceptors (Lipinski definition) is 5. The van der Waals surface area contributed by atoms with E-state index in [1.807, 2.05) is 6.07 Å². The summed E-state index contributed by atoms with van der Waals surface area (Å²) in [6, 6.07) is 17.2. The van der Waals surface area contributed by atoms with Gasteiger partial charge in [-0.25, -0.2) is 17.7 Å². The Hall–Kier alpha value is -1.80. The normalized spacial score (nSPS) is 23.1. The highest BCUT2D eigenvalue weighted by molar-refractivity contribution is 7.88.